The van der Waals surface area contributed by atoms with Gasteiger partial charge in [-0.1, -0.05) is 67.9 Å². The second kappa shape index (κ2) is 7.88. The van der Waals surface area contributed by atoms with E-state index in [1.165, 1.54) is 6.42 Å². The summed E-state index contributed by atoms with van der Waals surface area (Å²) < 4.78 is 0. The largest absolute Gasteiger partial charge is 0.347 e. The van der Waals surface area contributed by atoms with Crippen molar-refractivity contribution in [3.63, 3.8) is 0 Å². The van der Waals surface area contributed by atoms with Crippen LogP contribution in [0, 0.1) is 0 Å². The third kappa shape index (κ3) is 4.63. The summed E-state index contributed by atoms with van der Waals surface area (Å²) in [7, 11) is 0. The Morgan fingerprint density at radius 2 is 2.00 bits per heavy atom. The van der Waals surface area contributed by atoms with Gasteiger partial charge in [0.05, 0.1) is 6.04 Å². The zero-order valence-electron chi connectivity index (χ0n) is 12.5. The van der Waals surface area contributed by atoms with Crippen LogP contribution in [0.25, 0.3) is 10.6 Å². The lowest BCUT2D eigenvalue weighted by Crippen LogP contribution is -2.25. The minimum atomic E-state index is -0.0241. The first kappa shape index (κ1) is 15.6. The summed E-state index contributed by atoms with van der Waals surface area (Å²) in [5.74, 6) is -0.0204. The van der Waals surface area contributed by atoms with Crippen molar-refractivity contribution in [3.8, 4) is 10.6 Å². The SMILES string of the molecule is CCCCC[C@H](NC(C)=O)c1nnc(-c2ccccc2)s1. The van der Waals surface area contributed by atoms with E-state index in [-0.39, 0.29) is 11.9 Å². The molecule has 1 amide bonds. The van der Waals surface area contributed by atoms with E-state index < -0.39 is 0 Å². The fourth-order valence-electron chi connectivity index (χ4n) is 2.17. The van der Waals surface area contributed by atoms with Crippen LogP contribution >= 0.6 is 11.3 Å². The van der Waals surface area contributed by atoms with E-state index in [9.17, 15) is 4.79 Å². The quantitative estimate of drug-likeness (QED) is 0.788. The Hall–Kier alpha value is -1.75. The van der Waals surface area contributed by atoms with Crippen molar-refractivity contribution in [2.45, 2.75) is 45.6 Å². The van der Waals surface area contributed by atoms with E-state index in [0.717, 1.165) is 34.8 Å². The summed E-state index contributed by atoms with van der Waals surface area (Å²) in [6.07, 6.45) is 4.33. The normalized spacial score (nSPS) is 12.1. The van der Waals surface area contributed by atoms with E-state index in [1.54, 1.807) is 18.3 Å². The molecule has 4 nitrogen and oxygen atoms in total. The van der Waals surface area contributed by atoms with Crippen molar-refractivity contribution in [3.05, 3.63) is 35.3 Å². The van der Waals surface area contributed by atoms with Crippen molar-refractivity contribution in [2.24, 2.45) is 0 Å². The molecule has 1 heterocycles. The number of nitrogens with one attached hydrogen (secondary N) is 1. The number of rotatable bonds is 7. The Labute approximate surface area is 129 Å². The minimum Gasteiger partial charge on any atom is -0.347 e. The average Bonchev–Trinajstić information content (AvgIpc) is 2.97. The summed E-state index contributed by atoms with van der Waals surface area (Å²) >= 11 is 1.56. The fraction of sp³-hybridized carbons (Fsp3) is 0.438. The van der Waals surface area contributed by atoms with E-state index in [1.807, 2.05) is 30.3 Å². The maximum atomic E-state index is 11.4. The van der Waals surface area contributed by atoms with Gasteiger partial charge in [-0.15, -0.1) is 10.2 Å². The van der Waals surface area contributed by atoms with Crippen LogP contribution in [-0.2, 0) is 4.79 Å². The van der Waals surface area contributed by atoms with Gasteiger partial charge < -0.3 is 5.32 Å². The van der Waals surface area contributed by atoms with Crippen LogP contribution in [0.15, 0.2) is 30.3 Å². The predicted octanol–water partition coefficient (Wildman–Crippen LogP) is 3.96. The van der Waals surface area contributed by atoms with Crippen LogP contribution in [-0.4, -0.2) is 16.1 Å². The van der Waals surface area contributed by atoms with Crippen molar-refractivity contribution in [1.29, 1.82) is 0 Å². The van der Waals surface area contributed by atoms with E-state index >= 15 is 0 Å². The molecule has 0 aliphatic rings. The van der Waals surface area contributed by atoms with Gasteiger partial charge in [-0.25, -0.2) is 0 Å². The number of amides is 1. The van der Waals surface area contributed by atoms with Gasteiger partial charge in [0.2, 0.25) is 5.91 Å². The summed E-state index contributed by atoms with van der Waals surface area (Å²) in [4.78, 5) is 11.4. The molecule has 1 atom stereocenters. The highest BCUT2D eigenvalue weighted by Crippen LogP contribution is 2.28. The van der Waals surface area contributed by atoms with Gasteiger partial charge in [0.25, 0.3) is 0 Å². The van der Waals surface area contributed by atoms with Gasteiger partial charge in [-0.2, -0.15) is 0 Å². The smallest absolute Gasteiger partial charge is 0.217 e. The molecule has 5 heteroatoms. The number of hydrogen-bond acceptors (Lipinski definition) is 4. The van der Waals surface area contributed by atoms with E-state index in [0.29, 0.717) is 0 Å². The van der Waals surface area contributed by atoms with Crippen molar-refractivity contribution >= 4 is 17.2 Å². The molecule has 0 aliphatic heterocycles. The lowest BCUT2D eigenvalue weighted by Gasteiger charge is -2.14. The Morgan fingerprint density at radius 1 is 1.24 bits per heavy atom. The zero-order valence-corrected chi connectivity index (χ0v) is 13.3. The van der Waals surface area contributed by atoms with Gasteiger partial charge in [0.1, 0.15) is 10.0 Å². The zero-order chi connectivity index (χ0) is 15.1. The fourth-order valence-corrected chi connectivity index (χ4v) is 3.11. The maximum absolute atomic E-state index is 11.4. The maximum Gasteiger partial charge on any atom is 0.217 e. The van der Waals surface area contributed by atoms with Crippen LogP contribution in [0.3, 0.4) is 0 Å². The van der Waals surface area contributed by atoms with Crippen LogP contribution in [0.2, 0.25) is 0 Å². The van der Waals surface area contributed by atoms with Crippen molar-refractivity contribution < 1.29 is 4.79 Å². The first-order valence-electron chi connectivity index (χ1n) is 7.36. The highest BCUT2D eigenvalue weighted by molar-refractivity contribution is 7.14. The van der Waals surface area contributed by atoms with Gasteiger partial charge in [0, 0.05) is 12.5 Å². The van der Waals surface area contributed by atoms with Crippen LogP contribution in [0.1, 0.15) is 50.6 Å². The molecule has 0 fully saturated rings. The monoisotopic (exact) mass is 303 g/mol. The predicted molar refractivity (Wildman–Crippen MR) is 86.0 cm³/mol. The topological polar surface area (TPSA) is 54.9 Å². The lowest BCUT2D eigenvalue weighted by atomic mass is 10.1. The number of aromatic nitrogens is 2. The third-order valence-electron chi connectivity index (χ3n) is 3.23. The molecule has 0 radical (unpaired) electrons. The van der Waals surface area contributed by atoms with Gasteiger partial charge in [-0.3, -0.25) is 4.79 Å². The first-order valence-corrected chi connectivity index (χ1v) is 8.18. The summed E-state index contributed by atoms with van der Waals surface area (Å²) in [5.41, 5.74) is 1.07. The third-order valence-corrected chi connectivity index (χ3v) is 4.32. The number of benzene rings is 1. The van der Waals surface area contributed by atoms with Crippen molar-refractivity contribution in [1.82, 2.24) is 15.5 Å². The van der Waals surface area contributed by atoms with E-state index in [4.69, 9.17) is 0 Å². The molecule has 1 N–H and O–H groups in total. The standard InChI is InChI=1S/C16H21N3OS/c1-3-4-6-11-14(17-12(2)20)16-19-18-15(21-16)13-9-7-5-8-10-13/h5,7-10,14H,3-4,6,11H2,1-2H3,(H,17,20)/t14-/m0/s1. The van der Waals surface area contributed by atoms with Crippen molar-refractivity contribution in [2.75, 3.05) is 0 Å². The Bertz CT molecular complexity index is 568. The Kier molecular flexibility index (Phi) is 5.87. The van der Waals surface area contributed by atoms with Gasteiger partial charge in [0.15, 0.2) is 0 Å². The molecule has 0 bridgehead atoms. The molecule has 0 saturated carbocycles. The summed E-state index contributed by atoms with van der Waals surface area (Å²) in [6, 6.07) is 9.98. The number of carbonyl (C=O) groups excluding carboxylic acids is 1. The summed E-state index contributed by atoms with van der Waals surface area (Å²) in [5, 5.41) is 13.3. The average molecular weight is 303 g/mol. The van der Waals surface area contributed by atoms with E-state index in [2.05, 4.69) is 22.4 Å². The highest BCUT2D eigenvalue weighted by atomic mass is 32.1. The number of carbonyl (C=O) groups is 1. The Balaban J connectivity index is 2.12. The van der Waals surface area contributed by atoms with Gasteiger partial charge >= 0.3 is 0 Å². The molecule has 2 aromatic rings. The molecule has 0 spiro atoms. The molecule has 112 valence electrons. The molecule has 1 aromatic carbocycles. The number of hydrogen-bond donors (Lipinski definition) is 1. The van der Waals surface area contributed by atoms with Crippen LogP contribution in [0.4, 0.5) is 0 Å². The minimum absolute atomic E-state index is 0.0204. The number of nitrogens with zero attached hydrogens (tertiary/aromatic N) is 2. The molecule has 2 rings (SSSR count). The first-order chi connectivity index (χ1) is 10.2. The highest BCUT2D eigenvalue weighted by Gasteiger charge is 2.18. The molecule has 1 aromatic heterocycles. The van der Waals surface area contributed by atoms with Gasteiger partial charge in [-0.05, 0) is 6.42 Å². The number of unbranched alkanes of at least 4 members (excludes halogenated alkanes) is 2. The Morgan fingerprint density at radius 3 is 2.67 bits per heavy atom. The molecular weight excluding hydrogens is 282 g/mol. The second-order valence-electron chi connectivity index (χ2n) is 5.06. The second-order valence-corrected chi connectivity index (χ2v) is 6.07. The van der Waals surface area contributed by atoms with Crippen LogP contribution in [0.5, 0.6) is 0 Å². The molecule has 21 heavy (non-hydrogen) atoms. The lowest BCUT2D eigenvalue weighted by molar-refractivity contribution is -0.119. The molecule has 0 unspecified atom stereocenters. The summed E-state index contributed by atoms with van der Waals surface area (Å²) in [6.45, 7) is 3.72. The molecule has 0 aliphatic carbocycles. The molecular formula is C16H21N3OS. The van der Waals surface area contributed by atoms with Crippen LogP contribution < -0.4 is 5.32 Å². The molecule has 0 saturated heterocycles.